The van der Waals surface area contributed by atoms with Crippen molar-refractivity contribution < 1.29 is 24.1 Å². The van der Waals surface area contributed by atoms with E-state index in [0.29, 0.717) is 17.7 Å². The Kier molecular flexibility index (Phi) is 6.01. The van der Waals surface area contributed by atoms with E-state index in [0.717, 1.165) is 5.56 Å². The largest absolute Gasteiger partial charge is 0.394 e. The Hall–Kier alpha value is -3.38. The summed E-state index contributed by atoms with van der Waals surface area (Å²) in [4.78, 5) is 24.8. The standard InChI is InChI=1S/C22H24N6O5/c1-2-23-22(30)27-19-16-20(25-11-24-19)28(12-26-16)21-18-17(14(10-29)31-21)32-15(33-18)9-8-13-6-4-3-5-7-13/h3-9,11-12,14-15,17-18,21,29H,2,10H2,1H3,(H2,23,24,25,27,30)/b9-8+. The molecule has 11 heteroatoms. The van der Waals surface area contributed by atoms with Crippen LogP contribution in [0.3, 0.4) is 0 Å². The molecule has 172 valence electrons. The van der Waals surface area contributed by atoms with E-state index in [4.69, 9.17) is 14.2 Å². The van der Waals surface area contributed by atoms with Crippen LogP contribution in [0.4, 0.5) is 10.6 Å². The predicted octanol–water partition coefficient (Wildman–Crippen LogP) is 1.68. The number of nitrogens with one attached hydrogen (secondary N) is 2. The summed E-state index contributed by atoms with van der Waals surface area (Å²) in [7, 11) is 0. The molecule has 5 atom stereocenters. The molecule has 2 fully saturated rings. The van der Waals surface area contributed by atoms with Crippen LogP contribution in [0.25, 0.3) is 17.2 Å². The second-order valence-corrected chi connectivity index (χ2v) is 7.62. The normalized spacial score (nSPS) is 26.7. The minimum absolute atomic E-state index is 0.220. The van der Waals surface area contributed by atoms with Crippen LogP contribution in [0.2, 0.25) is 0 Å². The van der Waals surface area contributed by atoms with Crippen molar-refractivity contribution in [3.63, 3.8) is 0 Å². The Balaban J connectivity index is 1.39. The van der Waals surface area contributed by atoms with Crippen molar-refractivity contribution in [3.8, 4) is 0 Å². The van der Waals surface area contributed by atoms with Gasteiger partial charge < -0.3 is 24.6 Å². The number of anilines is 1. The van der Waals surface area contributed by atoms with E-state index in [1.165, 1.54) is 6.33 Å². The highest BCUT2D eigenvalue weighted by atomic mass is 16.8. The molecule has 0 bridgehead atoms. The SMILES string of the molecule is CCNC(=O)Nc1ncnc2c1ncn2C1OC(CO)C2OC(/C=C/c3ccccc3)OC21. The van der Waals surface area contributed by atoms with Gasteiger partial charge in [0.05, 0.1) is 12.9 Å². The van der Waals surface area contributed by atoms with Gasteiger partial charge in [0.1, 0.15) is 24.6 Å². The van der Waals surface area contributed by atoms with E-state index in [-0.39, 0.29) is 18.5 Å². The Labute approximate surface area is 189 Å². The molecule has 0 aliphatic carbocycles. The molecule has 0 spiro atoms. The summed E-state index contributed by atoms with van der Waals surface area (Å²) in [5.74, 6) is 0.283. The highest BCUT2D eigenvalue weighted by Gasteiger charge is 2.53. The molecular weight excluding hydrogens is 428 g/mol. The Morgan fingerprint density at radius 2 is 1.97 bits per heavy atom. The van der Waals surface area contributed by atoms with Gasteiger partial charge in [-0.15, -0.1) is 0 Å². The van der Waals surface area contributed by atoms with Crippen molar-refractivity contribution in [3.05, 3.63) is 54.6 Å². The zero-order valence-electron chi connectivity index (χ0n) is 17.9. The van der Waals surface area contributed by atoms with Crippen LogP contribution in [-0.4, -0.2) is 68.4 Å². The van der Waals surface area contributed by atoms with Gasteiger partial charge in [-0.3, -0.25) is 9.88 Å². The average Bonchev–Trinajstić information content (AvgIpc) is 3.52. The van der Waals surface area contributed by atoms with E-state index < -0.39 is 30.8 Å². The topological polar surface area (TPSA) is 133 Å². The number of aliphatic hydroxyl groups is 1. The molecule has 33 heavy (non-hydrogen) atoms. The summed E-state index contributed by atoms with van der Waals surface area (Å²) in [6, 6.07) is 9.45. The molecule has 3 N–H and O–H groups in total. The van der Waals surface area contributed by atoms with Gasteiger partial charge in [0.15, 0.2) is 29.5 Å². The van der Waals surface area contributed by atoms with Crippen molar-refractivity contribution in [1.29, 1.82) is 0 Å². The fourth-order valence-electron chi connectivity index (χ4n) is 4.02. The summed E-state index contributed by atoms with van der Waals surface area (Å²) < 4.78 is 19.9. The fourth-order valence-corrected chi connectivity index (χ4v) is 4.02. The van der Waals surface area contributed by atoms with Crippen LogP contribution in [0.15, 0.2) is 49.1 Å². The molecule has 2 aromatic heterocycles. The van der Waals surface area contributed by atoms with E-state index >= 15 is 0 Å². The lowest BCUT2D eigenvalue weighted by atomic mass is 10.1. The summed E-state index contributed by atoms with van der Waals surface area (Å²) in [5.41, 5.74) is 1.90. The predicted molar refractivity (Wildman–Crippen MR) is 118 cm³/mol. The molecule has 2 aliphatic heterocycles. The maximum Gasteiger partial charge on any atom is 0.320 e. The van der Waals surface area contributed by atoms with E-state index in [2.05, 4.69) is 25.6 Å². The number of carbonyl (C=O) groups is 1. The van der Waals surface area contributed by atoms with E-state index in [9.17, 15) is 9.90 Å². The number of aliphatic hydroxyl groups excluding tert-OH is 1. The van der Waals surface area contributed by atoms with Crippen LogP contribution in [0.1, 0.15) is 18.7 Å². The molecule has 1 aromatic carbocycles. The van der Waals surface area contributed by atoms with Crippen LogP contribution in [0.5, 0.6) is 0 Å². The highest BCUT2D eigenvalue weighted by molar-refractivity contribution is 5.95. The first kappa shape index (κ1) is 21.5. The maximum absolute atomic E-state index is 11.9. The number of nitrogens with zero attached hydrogens (tertiary/aromatic N) is 4. The molecule has 2 amide bonds. The van der Waals surface area contributed by atoms with Gasteiger partial charge in [0.25, 0.3) is 0 Å². The molecule has 5 rings (SSSR count). The van der Waals surface area contributed by atoms with Crippen molar-refractivity contribution in [1.82, 2.24) is 24.8 Å². The lowest BCUT2D eigenvalue weighted by Crippen LogP contribution is -2.30. The Morgan fingerprint density at radius 1 is 1.15 bits per heavy atom. The van der Waals surface area contributed by atoms with Gasteiger partial charge in [-0.1, -0.05) is 36.4 Å². The molecular formula is C22H24N6O5. The van der Waals surface area contributed by atoms with Gasteiger partial charge in [-0.2, -0.15) is 0 Å². The number of urea groups is 1. The number of imidazole rings is 1. The van der Waals surface area contributed by atoms with Crippen LogP contribution in [-0.2, 0) is 14.2 Å². The maximum atomic E-state index is 11.9. The lowest BCUT2D eigenvalue weighted by Gasteiger charge is -2.19. The number of hydrogen-bond donors (Lipinski definition) is 3. The molecule has 4 heterocycles. The number of amides is 2. The highest BCUT2D eigenvalue weighted by Crippen LogP contribution is 2.40. The number of carbonyl (C=O) groups excluding carboxylic acids is 1. The number of fused-ring (bicyclic) bond motifs is 2. The van der Waals surface area contributed by atoms with Crippen molar-refractivity contribution in [2.24, 2.45) is 0 Å². The quantitative estimate of drug-likeness (QED) is 0.515. The molecule has 0 radical (unpaired) electrons. The Morgan fingerprint density at radius 3 is 2.76 bits per heavy atom. The summed E-state index contributed by atoms with van der Waals surface area (Å²) in [6.45, 7) is 2.08. The molecule has 0 saturated carbocycles. The first-order valence-electron chi connectivity index (χ1n) is 10.7. The first-order chi connectivity index (χ1) is 16.2. The summed E-state index contributed by atoms with van der Waals surface area (Å²) in [5, 5.41) is 15.2. The summed E-state index contributed by atoms with van der Waals surface area (Å²) in [6.07, 6.45) is 3.94. The van der Waals surface area contributed by atoms with Gasteiger partial charge in [0.2, 0.25) is 0 Å². The van der Waals surface area contributed by atoms with Crippen molar-refractivity contribution in [2.45, 2.75) is 37.8 Å². The van der Waals surface area contributed by atoms with Crippen LogP contribution < -0.4 is 10.6 Å². The zero-order valence-corrected chi connectivity index (χ0v) is 17.9. The minimum atomic E-state index is -0.625. The third-order valence-electron chi connectivity index (χ3n) is 5.50. The van der Waals surface area contributed by atoms with E-state index in [1.54, 1.807) is 10.9 Å². The third kappa shape index (κ3) is 4.18. The minimum Gasteiger partial charge on any atom is -0.394 e. The Bertz CT molecular complexity index is 1150. The third-order valence-corrected chi connectivity index (χ3v) is 5.50. The number of aromatic nitrogens is 4. The van der Waals surface area contributed by atoms with E-state index in [1.807, 2.05) is 49.4 Å². The van der Waals surface area contributed by atoms with Gasteiger partial charge in [-0.05, 0) is 18.6 Å². The van der Waals surface area contributed by atoms with Gasteiger partial charge in [-0.25, -0.2) is 19.7 Å². The van der Waals surface area contributed by atoms with Crippen LogP contribution >= 0.6 is 0 Å². The second kappa shape index (κ2) is 9.24. The van der Waals surface area contributed by atoms with Crippen LogP contribution in [0, 0.1) is 0 Å². The smallest absolute Gasteiger partial charge is 0.320 e. The zero-order chi connectivity index (χ0) is 22.8. The average molecular weight is 452 g/mol. The molecule has 3 aromatic rings. The van der Waals surface area contributed by atoms with Gasteiger partial charge in [0, 0.05) is 6.54 Å². The van der Waals surface area contributed by atoms with Crippen molar-refractivity contribution in [2.75, 3.05) is 18.5 Å². The number of rotatable bonds is 6. The van der Waals surface area contributed by atoms with Crippen molar-refractivity contribution >= 4 is 29.1 Å². The number of benzene rings is 1. The molecule has 2 saturated heterocycles. The first-order valence-corrected chi connectivity index (χ1v) is 10.7. The molecule has 5 unspecified atom stereocenters. The molecule has 11 nitrogen and oxygen atoms in total. The monoisotopic (exact) mass is 452 g/mol. The number of ether oxygens (including phenoxy) is 3. The van der Waals surface area contributed by atoms with Gasteiger partial charge >= 0.3 is 6.03 Å². The summed E-state index contributed by atoms with van der Waals surface area (Å²) >= 11 is 0. The molecule has 2 aliphatic rings. The number of hydrogen-bond acceptors (Lipinski definition) is 8. The lowest BCUT2D eigenvalue weighted by molar-refractivity contribution is -0.133. The fraction of sp³-hybridized carbons (Fsp3) is 0.364. The second-order valence-electron chi connectivity index (χ2n) is 7.62.